The second-order valence-corrected chi connectivity index (χ2v) is 9.47. The fourth-order valence-corrected chi connectivity index (χ4v) is 5.46. The van der Waals surface area contributed by atoms with Crippen molar-refractivity contribution in [1.82, 2.24) is 30.0 Å². The van der Waals surface area contributed by atoms with E-state index in [1.807, 2.05) is 42.0 Å². The van der Waals surface area contributed by atoms with Gasteiger partial charge in [0, 0.05) is 25.2 Å². The van der Waals surface area contributed by atoms with Gasteiger partial charge in [-0.05, 0) is 57.2 Å². The van der Waals surface area contributed by atoms with Crippen molar-refractivity contribution in [3.8, 4) is 0 Å². The molecule has 3 heterocycles. The van der Waals surface area contributed by atoms with Crippen LogP contribution in [0.25, 0.3) is 11.0 Å². The number of carbonyl (C=O) groups excluding carboxylic acids is 2. The molecular weight excluding hydrogens is 416 g/mol. The minimum absolute atomic E-state index is 0.00187. The number of hydrogen-bond acceptors (Lipinski definition) is 4. The lowest BCUT2D eigenvalue weighted by Crippen LogP contribution is -2.41. The Hall–Kier alpha value is -3.16. The number of rotatable bonds is 4. The Morgan fingerprint density at radius 1 is 1.09 bits per heavy atom. The third kappa shape index (κ3) is 4.14. The van der Waals surface area contributed by atoms with Crippen molar-refractivity contribution < 1.29 is 9.59 Å². The van der Waals surface area contributed by atoms with Crippen LogP contribution in [-0.2, 0) is 0 Å². The van der Waals surface area contributed by atoms with Crippen LogP contribution in [0.15, 0.2) is 24.4 Å². The zero-order chi connectivity index (χ0) is 22.9. The number of carbonyl (C=O) groups is 2. The van der Waals surface area contributed by atoms with Gasteiger partial charge >= 0.3 is 0 Å². The average Bonchev–Trinajstić information content (AvgIpc) is 3.48. The van der Waals surface area contributed by atoms with Crippen molar-refractivity contribution in [1.29, 1.82) is 0 Å². The van der Waals surface area contributed by atoms with Crippen molar-refractivity contribution >= 4 is 22.8 Å². The Labute approximate surface area is 193 Å². The molecule has 2 aliphatic rings. The molecule has 33 heavy (non-hydrogen) atoms. The van der Waals surface area contributed by atoms with E-state index >= 15 is 0 Å². The van der Waals surface area contributed by atoms with Gasteiger partial charge in [0.25, 0.3) is 11.8 Å². The molecule has 2 aromatic heterocycles. The van der Waals surface area contributed by atoms with Gasteiger partial charge in [0.2, 0.25) is 0 Å². The molecule has 1 atom stereocenters. The van der Waals surface area contributed by atoms with Crippen LogP contribution in [0.5, 0.6) is 0 Å². The number of amides is 2. The first-order chi connectivity index (χ1) is 16.0. The van der Waals surface area contributed by atoms with Crippen molar-refractivity contribution in [2.75, 3.05) is 13.6 Å². The molecule has 8 heteroatoms. The lowest BCUT2D eigenvalue weighted by molar-refractivity contribution is 0.0591. The molecule has 1 aliphatic carbocycles. The van der Waals surface area contributed by atoms with Crippen LogP contribution in [0.1, 0.15) is 89.6 Å². The molecule has 2 fully saturated rings. The summed E-state index contributed by atoms with van der Waals surface area (Å²) in [6.07, 6.45) is 10.1. The topological polar surface area (TPSA) is 98.0 Å². The smallest absolute Gasteiger partial charge is 0.257 e. The summed E-state index contributed by atoms with van der Waals surface area (Å²) in [5.74, 6) is 0.800. The van der Waals surface area contributed by atoms with Gasteiger partial charge < -0.3 is 14.8 Å². The summed E-state index contributed by atoms with van der Waals surface area (Å²) >= 11 is 0. The van der Waals surface area contributed by atoms with Crippen molar-refractivity contribution in [3.63, 3.8) is 0 Å². The number of aromatic amines is 2. The van der Waals surface area contributed by atoms with Crippen LogP contribution in [0, 0.1) is 6.92 Å². The molecule has 5 rings (SSSR count). The first-order valence-corrected chi connectivity index (χ1v) is 12.1. The van der Waals surface area contributed by atoms with Crippen LogP contribution >= 0.6 is 0 Å². The van der Waals surface area contributed by atoms with E-state index in [-0.39, 0.29) is 23.9 Å². The van der Waals surface area contributed by atoms with E-state index in [0.29, 0.717) is 17.7 Å². The molecule has 174 valence electrons. The number of fused-ring (bicyclic) bond motifs is 1. The number of piperidine rings is 1. The largest absolute Gasteiger partial charge is 0.342 e. The first kappa shape index (κ1) is 21.7. The van der Waals surface area contributed by atoms with E-state index in [0.717, 1.165) is 54.7 Å². The van der Waals surface area contributed by atoms with Gasteiger partial charge in [0.05, 0.1) is 34.5 Å². The molecule has 2 N–H and O–H groups in total. The number of H-pyrrole nitrogens is 2. The third-order valence-corrected chi connectivity index (χ3v) is 7.29. The molecule has 0 bridgehead atoms. The second kappa shape index (κ2) is 9.00. The minimum atomic E-state index is -0.188. The van der Waals surface area contributed by atoms with E-state index in [4.69, 9.17) is 0 Å². The van der Waals surface area contributed by atoms with E-state index in [2.05, 4.69) is 20.2 Å². The molecule has 2 amide bonds. The van der Waals surface area contributed by atoms with Crippen molar-refractivity contribution in [2.45, 2.75) is 70.4 Å². The van der Waals surface area contributed by atoms with Gasteiger partial charge in [-0.2, -0.15) is 5.10 Å². The maximum Gasteiger partial charge on any atom is 0.257 e. The maximum absolute atomic E-state index is 13.6. The number of hydrogen-bond donors (Lipinski definition) is 2. The minimum Gasteiger partial charge on any atom is -0.342 e. The van der Waals surface area contributed by atoms with Gasteiger partial charge in [0.15, 0.2) is 0 Å². The molecule has 1 saturated heterocycles. The molecule has 1 aromatic carbocycles. The molecule has 3 aromatic rings. The number of benzene rings is 1. The second-order valence-electron chi connectivity index (χ2n) is 9.47. The molecular formula is C25H32N6O2. The summed E-state index contributed by atoms with van der Waals surface area (Å²) in [6.45, 7) is 2.57. The van der Waals surface area contributed by atoms with E-state index in [1.165, 1.54) is 19.3 Å². The van der Waals surface area contributed by atoms with Crippen LogP contribution in [-0.4, -0.2) is 61.4 Å². The normalized spacial score (nSPS) is 19.7. The Bertz CT molecular complexity index is 1160. The maximum atomic E-state index is 13.6. The summed E-state index contributed by atoms with van der Waals surface area (Å²) in [5, 5.41) is 7.31. The Morgan fingerprint density at radius 2 is 1.88 bits per heavy atom. The monoisotopic (exact) mass is 448 g/mol. The SMILES string of the molecule is Cc1nc2ccc(C(=O)N3CCCCC3c3[nH]ncc3C(=O)N(C)C3CCCCC3)cc2[nH]1. The highest BCUT2D eigenvalue weighted by Crippen LogP contribution is 2.34. The Balaban J connectivity index is 1.41. The van der Waals surface area contributed by atoms with Gasteiger partial charge in [-0.3, -0.25) is 14.7 Å². The summed E-state index contributed by atoms with van der Waals surface area (Å²) in [5.41, 5.74) is 3.69. The number of aryl methyl sites for hydroxylation is 1. The average molecular weight is 449 g/mol. The van der Waals surface area contributed by atoms with Gasteiger partial charge in [-0.1, -0.05) is 19.3 Å². The van der Waals surface area contributed by atoms with Crippen LogP contribution in [0.2, 0.25) is 0 Å². The van der Waals surface area contributed by atoms with E-state index in [1.54, 1.807) is 6.20 Å². The Kier molecular flexibility index (Phi) is 5.91. The fourth-order valence-electron chi connectivity index (χ4n) is 5.46. The quantitative estimate of drug-likeness (QED) is 0.619. The summed E-state index contributed by atoms with van der Waals surface area (Å²) < 4.78 is 0. The van der Waals surface area contributed by atoms with Gasteiger partial charge in [-0.25, -0.2) is 4.98 Å². The van der Waals surface area contributed by atoms with Crippen LogP contribution < -0.4 is 0 Å². The van der Waals surface area contributed by atoms with Crippen molar-refractivity contribution in [2.24, 2.45) is 0 Å². The first-order valence-electron chi connectivity index (χ1n) is 12.1. The summed E-state index contributed by atoms with van der Waals surface area (Å²) in [6, 6.07) is 5.69. The summed E-state index contributed by atoms with van der Waals surface area (Å²) in [4.78, 5) is 38.4. The fraction of sp³-hybridized carbons (Fsp3) is 0.520. The van der Waals surface area contributed by atoms with Gasteiger partial charge in [-0.15, -0.1) is 0 Å². The van der Waals surface area contributed by atoms with E-state index in [9.17, 15) is 9.59 Å². The van der Waals surface area contributed by atoms with Crippen molar-refractivity contribution in [3.05, 3.63) is 47.0 Å². The van der Waals surface area contributed by atoms with Crippen LogP contribution in [0.3, 0.4) is 0 Å². The molecule has 8 nitrogen and oxygen atoms in total. The predicted molar refractivity (Wildman–Crippen MR) is 126 cm³/mol. The predicted octanol–water partition coefficient (Wildman–Crippen LogP) is 4.37. The number of aromatic nitrogens is 4. The number of imidazole rings is 1. The van der Waals surface area contributed by atoms with E-state index < -0.39 is 0 Å². The highest BCUT2D eigenvalue weighted by atomic mass is 16.2. The molecule has 0 spiro atoms. The Morgan fingerprint density at radius 3 is 2.70 bits per heavy atom. The third-order valence-electron chi connectivity index (χ3n) is 7.29. The lowest BCUT2D eigenvalue weighted by Gasteiger charge is -2.36. The zero-order valence-electron chi connectivity index (χ0n) is 19.4. The highest BCUT2D eigenvalue weighted by Gasteiger charge is 2.34. The molecule has 1 unspecified atom stereocenters. The summed E-state index contributed by atoms with van der Waals surface area (Å²) in [7, 11) is 1.90. The standard InChI is InChI=1S/C25H32N6O2/c1-16-27-20-12-11-17(14-21(20)28-16)24(32)31-13-7-6-10-22(31)23-19(15-26-29-23)25(33)30(2)18-8-4-3-5-9-18/h11-12,14-15,18,22H,3-10,13H2,1-2H3,(H,26,29)(H,27,28). The molecule has 1 saturated carbocycles. The van der Waals surface area contributed by atoms with Gasteiger partial charge in [0.1, 0.15) is 5.82 Å². The lowest BCUT2D eigenvalue weighted by atomic mass is 9.93. The number of nitrogens with zero attached hydrogens (tertiary/aromatic N) is 4. The molecule has 0 radical (unpaired) electrons. The highest BCUT2D eigenvalue weighted by molar-refractivity contribution is 5.98. The van der Waals surface area contributed by atoms with Crippen LogP contribution in [0.4, 0.5) is 0 Å². The zero-order valence-corrected chi connectivity index (χ0v) is 19.4. The number of likely N-dealkylation sites (tertiary alicyclic amines) is 1. The molecule has 1 aliphatic heterocycles. The number of nitrogens with one attached hydrogen (secondary N) is 2.